The lowest BCUT2D eigenvalue weighted by molar-refractivity contribution is -0.112. The maximum atomic E-state index is 12.6. The number of hydrogen-bond acceptors (Lipinski definition) is 4. The average Bonchev–Trinajstić information content (AvgIpc) is 3.31. The third-order valence-corrected chi connectivity index (χ3v) is 4.56. The zero-order chi connectivity index (χ0) is 20.1. The Labute approximate surface area is 164 Å². The van der Waals surface area contributed by atoms with E-state index in [0.29, 0.717) is 11.4 Å². The second kappa shape index (κ2) is 8.40. The standard InChI is InChI=1S/C22H22N4O2/c1-4-8-26-15(2)9-18(16(26)3)10-19(12-23)22(27)25-20-7-5-6-17(11-20)21-13-24-14-28-21/h5-7,9-11,13-14H,4,8H2,1-3H3,(H,25,27)/b19-10-. The fraction of sp³-hybridized carbons (Fsp3) is 0.227. The highest BCUT2D eigenvalue weighted by atomic mass is 16.3. The van der Waals surface area contributed by atoms with Gasteiger partial charge < -0.3 is 14.3 Å². The van der Waals surface area contributed by atoms with Gasteiger partial charge >= 0.3 is 0 Å². The van der Waals surface area contributed by atoms with Crippen LogP contribution in [0, 0.1) is 25.2 Å². The van der Waals surface area contributed by atoms with Crippen LogP contribution >= 0.6 is 0 Å². The quantitative estimate of drug-likeness (QED) is 0.500. The van der Waals surface area contributed by atoms with Gasteiger partial charge in [-0.15, -0.1) is 0 Å². The van der Waals surface area contributed by atoms with Crippen LogP contribution in [-0.2, 0) is 11.3 Å². The Morgan fingerprint density at radius 2 is 2.18 bits per heavy atom. The van der Waals surface area contributed by atoms with Crippen molar-refractivity contribution in [3.63, 3.8) is 0 Å². The Bertz CT molecular complexity index is 1050. The number of nitrogens with one attached hydrogen (secondary N) is 1. The van der Waals surface area contributed by atoms with Crippen LogP contribution in [0.1, 0.15) is 30.3 Å². The summed E-state index contributed by atoms with van der Waals surface area (Å²) in [6, 6.07) is 11.2. The van der Waals surface area contributed by atoms with Gasteiger partial charge in [0.25, 0.3) is 5.91 Å². The van der Waals surface area contributed by atoms with Gasteiger partial charge in [-0.2, -0.15) is 5.26 Å². The molecule has 0 atom stereocenters. The van der Waals surface area contributed by atoms with Crippen molar-refractivity contribution in [3.05, 3.63) is 65.4 Å². The number of anilines is 1. The van der Waals surface area contributed by atoms with E-state index in [9.17, 15) is 10.1 Å². The maximum Gasteiger partial charge on any atom is 0.266 e. The van der Waals surface area contributed by atoms with Crippen LogP contribution in [0.25, 0.3) is 17.4 Å². The molecule has 2 heterocycles. The van der Waals surface area contributed by atoms with Crippen LogP contribution in [0.2, 0.25) is 0 Å². The molecular weight excluding hydrogens is 352 g/mol. The molecule has 1 aromatic carbocycles. The smallest absolute Gasteiger partial charge is 0.266 e. The fourth-order valence-corrected chi connectivity index (χ4v) is 3.15. The van der Waals surface area contributed by atoms with E-state index in [1.165, 1.54) is 6.39 Å². The Morgan fingerprint density at radius 1 is 1.36 bits per heavy atom. The minimum Gasteiger partial charge on any atom is -0.444 e. The van der Waals surface area contributed by atoms with Crippen molar-refractivity contribution in [3.8, 4) is 17.4 Å². The number of carbonyl (C=O) groups is 1. The van der Waals surface area contributed by atoms with Crippen LogP contribution in [0.5, 0.6) is 0 Å². The summed E-state index contributed by atoms with van der Waals surface area (Å²) < 4.78 is 7.48. The highest BCUT2D eigenvalue weighted by molar-refractivity contribution is 6.09. The van der Waals surface area contributed by atoms with E-state index < -0.39 is 5.91 Å². The number of aryl methyl sites for hydroxylation is 1. The lowest BCUT2D eigenvalue weighted by Gasteiger charge is -2.07. The van der Waals surface area contributed by atoms with Crippen molar-refractivity contribution in [2.45, 2.75) is 33.7 Å². The van der Waals surface area contributed by atoms with E-state index in [1.807, 2.05) is 38.1 Å². The summed E-state index contributed by atoms with van der Waals surface area (Å²) in [5.41, 5.74) is 4.47. The van der Waals surface area contributed by atoms with E-state index >= 15 is 0 Å². The summed E-state index contributed by atoms with van der Waals surface area (Å²) in [7, 11) is 0. The lowest BCUT2D eigenvalue weighted by atomic mass is 10.1. The number of amides is 1. The molecule has 0 aliphatic rings. The predicted molar refractivity (Wildman–Crippen MR) is 108 cm³/mol. The molecule has 0 saturated heterocycles. The Hall–Kier alpha value is -3.59. The van der Waals surface area contributed by atoms with Crippen molar-refractivity contribution in [1.29, 1.82) is 5.26 Å². The van der Waals surface area contributed by atoms with Crippen LogP contribution in [0.4, 0.5) is 5.69 Å². The summed E-state index contributed by atoms with van der Waals surface area (Å²) in [5, 5.41) is 12.3. The van der Waals surface area contributed by atoms with E-state index in [2.05, 4.69) is 21.8 Å². The van der Waals surface area contributed by atoms with E-state index in [4.69, 9.17) is 4.42 Å². The Balaban J connectivity index is 1.83. The molecular formula is C22H22N4O2. The highest BCUT2D eigenvalue weighted by Crippen LogP contribution is 2.23. The molecule has 142 valence electrons. The summed E-state index contributed by atoms with van der Waals surface area (Å²) >= 11 is 0. The molecule has 0 fully saturated rings. The van der Waals surface area contributed by atoms with Crippen molar-refractivity contribution in [1.82, 2.24) is 9.55 Å². The van der Waals surface area contributed by atoms with Crippen molar-refractivity contribution < 1.29 is 9.21 Å². The number of carbonyl (C=O) groups excluding carboxylic acids is 1. The van der Waals surface area contributed by atoms with Crippen LogP contribution in [-0.4, -0.2) is 15.5 Å². The number of nitrogens with zero attached hydrogens (tertiary/aromatic N) is 3. The third kappa shape index (κ3) is 4.04. The fourth-order valence-electron chi connectivity index (χ4n) is 3.15. The molecule has 1 amide bonds. The Kier molecular flexibility index (Phi) is 5.75. The number of oxazole rings is 1. The third-order valence-electron chi connectivity index (χ3n) is 4.56. The van der Waals surface area contributed by atoms with Gasteiger partial charge in [0.1, 0.15) is 11.6 Å². The molecule has 0 aliphatic heterocycles. The average molecular weight is 374 g/mol. The van der Waals surface area contributed by atoms with E-state index in [0.717, 1.165) is 35.5 Å². The van der Waals surface area contributed by atoms with Crippen molar-refractivity contribution in [2.75, 3.05) is 5.32 Å². The summed E-state index contributed by atoms with van der Waals surface area (Å²) in [6.07, 6.45) is 5.62. The topological polar surface area (TPSA) is 83.9 Å². The molecule has 0 aliphatic carbocycles. The molecule has 3 rings (SSSR count). The molecule has 0 spiro atoms. The molecule has 0 unspecified atom stereocenters. The second-order valence-corrected chi connectivity index (χ2v) is 6.55. The summed E-state index contributed by atoms with van der Waals surface area (Å²) in [5.74, 6) is 0.160. The van der Waals surface area contributed by atoms with Gasteiger partial charge in [-0.25, -0.2) is 4.98 Å². The first-order chi connectivity index (χ1) is 13.5. The second-order valence-electron chi connectivity index (χ2n) is 6.55. The number of hydrogen-bond donors (Lipinski definition) is 1. The van der Waals surface area contributed by atoms with Crippen LogP contribution in [0.15, 0.2) is 52.9 Å². The van der Waals surface area contributed by atoms with Crippen molar-refractivity contribution >= 4 is 17.7 Å². The lowest BCUT2D eigenvalue weighted by Crippen LogP contribution is -2.13. The molecule has 3 aromatic rings. The summed E-state index contributed by atoms with van der Waals surface area (Å²) in [6.45, 7) is 7.06. The Morgan fingerprint density at radius 3 is 2.86 bits per heavy atom. The van der Waals surface area contributed by atoms with Gasteiger partial charge in [-0.1, -0.05) is 19.1 Å². The van der Waals surface area contributed by atoms with Gasteiger partial charge in [0.05, 0.1) is 6.20 Å². The number of nitriles is 1. The number of aromatic nitrogens is 2. The molecule has 1 N–H and O–H groups in total. The molecule has 6 nitrogen and oxygen atoms in total. The first kappa shape index (κ1) is 19.2. The summed E-state index contributed by atoms with van der Waals surface area (Å²) in [4.78, 5) is 16.5. The minimum atomic E-state index is -0.447. The SMILES string of the molecule is CCCn1c(C)cc(/C=C(/C#N)C(=O)Nc2cccc(-c3cnco3)c2)c1C. The maximum absolute atomic E-state index is 12.6. The predicted octanol–water partition coefficient (Wildman–Crippen LogP) is 4.72. The molecule has 0 radical (unpaired) electrons. The zero-order valence-corrected chi connectivity index (χ0v) is 16.2. The van der Waals surface area contributed by atoms with Gasteiger partial charge in [-0.3, -0.25) is 4.79 Å². The van der Waals surface area contributed by atoms with Gasteiger partial charge in [0.15, 0.2) is 12.2 Å². The molecule has 0 bridgehead atoms. The first-order valence-corrected chi connectivity index (χ1v) is 9.12. The first-order valence-electron chi connectivity index (χ1n) is 9.12. The normalized spacial score (nSPS) is 11.3. The molecule has 28 heavy (non-hydrogen) atoms. The zero-order valence-electron chi connectivity index (χ0n) is 16.2. The van der Waals surface area contributed by atoms with E-state index in [-0.39, 0.29) is 5.57 Å². The largest absolute Gasteiger partial charge is 0.444 e. The van der Waals surface area contributed by atoms with E-state index in [1.54, 1.807) is 24.4 Å². The van der Waals surface area contributed by atoms with Crippen LogP contribution < -0.4 is 5.32 Å². The highest BCUT2D eigenvalue weighted by Gasteiger charge is 2.13. The molecule has 6 heteroatoms. The van der Waals surface area contributed by atoms with Gasteiger partial charge in [0, 0.05) is 29.2 Å². The van der Waals surface area contributed by atoms with Crippen LogP contribution in [0.3, 0.4) is 0 Å². The van der Waals surface area contributed by atoms with Crippen molar-refractivity contribution in [2.24, 2.45) is 0 Å². The van der Waals surface area contributed by atoms with Gasteiger partial charge in [0.2, 0.25) is 0 Å². The molecule has 2 aromatic heterocycles. The molecule has 0 saturated carbocycles. The number of rotatable bonds is 6. The number of benzene rings is 1. The monoisotopic (exact) mass is 374 g/mol. The minimum absolute atomic E-state index is 0.0572. The van der Waals surface area contributed by atoms with Gasteiger partial charge in [-0.05, 0) is 50.1 Å².